The van der Waals surface area contributed by atoms with Crippen LogP contribution in [-0.2, 0) is 4.74 Å². The van der Waals surface area contributed by atoms with Gasteiger partial charge in [0, 0.05) is 0 Å². The maximum atomic E-state index is 11.5. The number of carbonyl (C=O) groups is 1. The van der Waals surface area contributed by atoms with Crippen molar-refractivity contribution in [1.82, 2.24) is 0 Å². The fraction of sp³-hybridized carbons (Fsp3) is 0.500. The Labute approximate surface area is 107 Å². The molecule has 18 heavy (non-hydrogen) atoms. The molecule has 0 heterocycles. The number of nitrogen functional groups attached to an aromatic ring is 1. The van der Waals surface area contributed by atoms with Crippen LogP contribution in [0.15, 0.2) is 18.2 Å². The van der Waals surface area contributed by atoms with E-state index in [0.29, 0.717) is 17.0 Å². The van der Waals surface area contributed by atoms with E-state index < -0.39 is 0 Å². The van der Waals surface area contributed by atoms with Crippen molar-refractivity contribution >= 4 is 11.7 Å². The smallest absolute Gasteiger partial charge is 0.337 e. The predicted octanol–water partition coefficient (Wildman–Crippen LogP) is 2.77. The van der Waals surface area contributed by atoms with Gasteiger partial charge >= 0.3 is 5.97 Å². The van der Waals surface area contributed by atoms with Crippen LogP contribution in [0.25, 0.3) is 0 Å². The minimum Gasteiger partial charge on any atom is -0.488 e. The van der Waals surface area contributed by atoms with Crippen molar-refractivity contribution in [1.29, 1.82) is 0 Å². The van der Waals surface area contributed by atoms with Gasteiger partial charge in [-0.3, -0.25) is 0 Å². The van der Waals surface area contributed by atoms with Gasteiger partial charge in [-0.05, 0) is 43.9 Å². The lowest BCUT2D eigenvalue weighted by Crippen LogP contribution is -2.20. The molecule has 1 fully saturated rings. The number of hydrogen-bond acceptors (Lipinski definition) is 4. The van der Waals surface area contributed by atoms with E-state index in [1.807, 2.05) is 0 Å². The van der Waals surface area contributed by atoms with Gasteiger partial charge in [-0.1, -0.05) is 6.42 Å². The summed E-state index contributed by atoms with van der Waals surface area (Å²) in [7, 11) is 1.36. The highest BCUT2D eigenvalue weighted by Crippen LogP contribution is 2.28. The van der Waals surface area contributed by atoms with Crippen molar-refractivity contribution in [2.45, 2.75) is 38.2 Å². The van der Waals surface area contributed by atoms with E-state index >= 15 is 0 Å². The van der Waals surface area contributed by atoms with Crippen molar-refractivity contribution in [3.63, 3.8) is 0 Å². The summed E-state index contributed by atoms with van der Waals surface area (Å²) >= 11 is 0. The average Bonchev–Trinajstić information content (AvgIpc) is 2.41. The zero-order chi connectivity index (χ0) is 13.0. The third kappa shape index (κ3) is 2.94. The Morgan fingerprint density at radius 2 is 2.00 bits per heavy atom. The average molecular weight is 249 g/mol. The first-order valence-corrected chi connectivity index (χ1v) is 6.35. The Balaban J connectivity index is 2.12. The molecule has 1 saturated carbocycles. The minimum atomic E-state index is -0.372. The number of nitrogens with two attached hydrogens (primary N) is 1. The number of anilines is 1. The topological polar surface area (TPSA) is 61.5 Å². The summed E-state index contributed by atoms with van der Waals surface area (Å²) in [4.78, 5) is 11.5. The standard InChI is InChI=1S/C14H19NO3/c1-17-14(16)10-7-8-12(15)13(9-10)18-11-5-3-2-4-6-11/h7-9,11H,2-6,15H2,1H3. The Morgan fingerprint density at radius 1 is 1.28 bits per heavy atom. The monoisotopic (exact) mass is 249 g/mol. The summed E-state index contributed by atoms with van der Waals surface area (Å²) < 4.78 is 10.6. The number of rotatable bonds is 3. The molecule has 2 N–H and O–H groups in total. The van der Waals surface area contributed by atoms with E-state index in [0.717, 1.165) is 12.8 Å². The number of esters is 1. The molecule has 0 saturated heterocycles. The molecule has 1 aliphatic carbocycles. The molecule has 0 radical (unpaired) electrons. The Bertz CT molecular complexity index is 425. The van der Waals surface area contributed by atoms with Gasteiger partial charge in [0.25, 0.3) is 0 Å². The van der Waals surface area contributed by atoms with Crippen LogP contribution in [0.3, 0.4) is 0 Å². The minimum absolute atomic E-state index is 0.217. The summed E-state index contributed by atoms with van der Waals surface area (Å²) in [6.07, 6.45) is 6.00. The summed E-state index contributed by atoms with van der Waals surface area (Å²) in [5, 5.41) is 0. The van der Waals surface area contributed by atoms with Crippen LogP contribution >= 0.6 is 0 Å². The molecule has 4 heteroatoms. The summed E-state index contributed by atoms with van der Waals surface area (Å²) in [5.41, 5.74) is 6.90. The van der Waals surface area contributed by atoms with Crippen LogP contribution in [0.4, 0.5) is 5.69 Å². The number of hydrogen-bond donors (Lipinski definition) is 1. The molecular formula is C14H19NO3. The second kappa shape index (κ2) is 5.76. The normalized spacial score (nSPS) is 16.3. The highest BCUT2D eigenvalue weighted by Gasteiger charge is 2.17. The van der Waals surface area contributed by atoms with Gasteiger partial charge in [0.05, 0.1) is 24.5 Å². The van der Waals surface area contributed by atoms with E-state index in [2.05, 4.69) is 4.74 Å². The molecule has 2 rings (SSSR count). The second-order valence-corrected chi connectivity index (χ2v) is 4.62. The van der Waals surface area contributed by atoms with Crippen LogP contribution in [0.5, 0.6) is 5.75 Å². The molecule has 1 aliphatic rings. The molecule has 98 valence electrons. The zero-order valence-electron chi connectivity index (χ0n) is 10.6. The van der Waals surface area contributed by atoms with Crippen LogP contribution < -0.4 is 10.5 Å². The van der Waals surface area contributed by atoms with Gasteiger partial charge in [-0.15, -0.1) is 0 Å². The fourth-order valence-electron chi connectivity index (χ4n) is 2.24. The van der Waals surface area contributed by atoms with E-state index in [1.165, 1.54) is 26.4 Å². The van der Waals surface area contributed by atoms with E-state index in [9.17, 15) is 4.79 Å². The number of benzene rings is 1. The fourth-order valence-corrected chi connectivity index (χ4v) is 2.24. The molecule has 4 nitrogen and oxygen atoms in total. The highest BCUT2D eigenvalue weighted by molar-refractivity contribution is 5.90. The SMILES string of the molecule is COC(=O)c1ccc(N)c(OC2CCCCC2)c1. The lowest BCUT2D eigenvalue weighted by atomic mass is 9.98. The number of methoxy groups -OCH3 is 1. The Kier molecular flexibility index (Phi) is 4.07. The van der Waals surface area contributed by atoms with Gasteiger partial charge in [0.2, 0.25) is 0 Å². The summed E-state index contributed by atoms with van der Waals surface area (Å²) in [6.45, 7) is 0. The first-order chi connectivity index (χ1) is 8.70. The van der Waals surface area contributed by atoms with E-state index in [4.69, 9.17) is 10.5 Å². The summed E-state index contributed by atoms with van der Waals surface area (Å²) in [5.74, 6) is 0.216. The molecule has 0 aromatic heterocycles. The number of ether oxygens (including phenoxy) is 2. The molecular weight excluding hydrogens is 230 g/mol. The van der Waals surface area contributed by atoms with Gasteiger partial charge in [0.1, 0.15) is 5.75 Å². The molecule has 0 atom stereocenters. The third-order valence-corrected chi connectivity index (χ3v) is 3.28. The van der Waals surface area contributed by atoms with E-state index in [1.54, 1.807) is 18.2 Å². The van der Waals surface area contributed by atoms with Crippen LogP contribution in [0.2, 0.25) is 0 Å². The number of carbonyl (C=O) groups excluding carboxylic acids is 1. The van der Waals surface area contributed by atoms with Crippen LogP contribution in [-0.4, -0.2) is 19.2 Å². The molecule has 0 spiro atoms. The first kappa shape index (κ1) is 12.7. The van der Waals surface area contributed by atoms with Gasteiger partial charge in [-0.25, -0.2) is 4.79 Å². The van der Waals surface area contributed by atoms with Crippen molar-refractivity contribution in [2.24, 2.45) is 0 Å². The highest BCUT2D eigenvalue weighted by atomic mass is 16.5. The largest absolute Gasteiger partial charge is 0.488 e. The Morgan fingerprint density at radius 3 is 2.67 bits per heavy atom. The molecule has 0 unspecified atom stereocenters. The van der Waals surface area contributed by atoms with Crippen molar-refractivity contribution in [3.05, 3.63) is 23.8 Å². The van der Waals surface area contributed by atoms with Crippen molar-refractivity contribution in [2.75, 3.05) is 12.8 Å². The summed E-state index contributed by atoms with van der Waals surface area (Å²) in [6, 6.07) is 5.00. The lowest BCUT2D eigenvalue weighted by Gasteiger charge is -2.23. The third-order valence-electron chi connectivity index (χ3n) is 3.28. The van der Waals surface area contributed by atoms with Gasteiger partial charge < -0.3 is 15.2 Å². The van der Waals surface area contributed by atoms with Crippen LogP contribution in [0, 0.1) is 0 Å². The molecule has 0 bridgehead atoms. The molecule has 1 aromatic carbocycles. The predicted molar refractivity (Wildman–Crippen MR) is 69.7 cm³/mol. The quantitative estimate of drug-likeness (QED) is 0.661. The molecule has 0 aliphatic heterocycles. The van der Waals surface area contributed by atoms with Gasteiger partial charge in [0.15, 0.2) is 0 Å². The maximum Gasteiger partial charge on any atom is 0.337 e. The molecule has 0 amide bonds. The molecule has 1 aromatic rings. The Hall–Kier alpha value is -1.71. The maximum absolute atomic E-state index is 11.5. The first-order valence-electron chi connectivity index (χ1n) is 6.35. The lowest BCUT2D eigenvalue weighted by molar-refractivity contribution is 0.0599. The second-order valence-electron chi connectivity index (χ2n) is 4.62. The zero-order valence-corrected chi connectivity index (χ0v) is 10.6. The van der Waals surface area contributed by atoms with Crippen LogP contribution in [0.1, 0.15) is 42.5 Å². The van der Waals surface area contributed by atoms with Crippen molar-refractivity contribution in [3.8, 4) is 5.75 Å². The van der Waals surface area contributed by atoms with E-state index in [-0.39, 0.29) is 12.1 Å². The van der Waals surface area contributed by atoms with Gasteiger partial charge in [-0.2, -0.15) is 0 Å². The van der Waals surface area contributed by atoms with Crippen molar-refractivity contribution < 1.29 is 14.3 Å².